The average molecular weight is 954 g/mol. The van der Waals surface area contributed by atoms with Crippen LogP contribution in [0.4, 0.5) is 17.1 Å². The molecule has 0 saturated heterocycles. The quantitative estimate of drug-likeness (QED) is 0.148. The van der Waals surface area contributed by atoms with Gasteiger partial charge in [0.2, 0.25) is 0 Å². The fraction of sp³-hybridized carbons (Fsp3) is 0. The van der Waals surface area contributed by atoms with E-state index in [1.54, 1.807) is 0 Å². The van der Waals surface area contributed by atoms with E-state index in [4.69, 9.17) is 0 Å². The third-order valence-electron chi connectivity index (χ3n) is 15.4. The molecule has 0 aliphatic heterocycles. The molecular weight excluding hydrogens is 907 g/mol. The first-order valence-corrected chi connectivity index (χ1v) is 25.8. The van der Waals surface area contributed by atoms with Gasteiger partial charge in [0.05, 0.1) is 22.1 Å². The maximum absolute atomic E-state index is 2.47. The lowest BCUT2D eigenvalue weighted by molar-refractivity contribution is 1.18. The average Bonchev–Trinajstić information content (AvgIpc) is 4.04. The van der Waals surface area contributed by atoms with Crippen molar-refractivity contribution in [1.82, 2.24) is 9.13 Å². The van der Waals surface area contributed by atoms with Gasteiger partial charge in [-0.1, -0.05) is 182 Å². The van der Waals surface area contributed by atoms with Gasteiger partial charge in [0, 0.05) is 55.4 Å². The Morgan fingerprint density at radius 1 is 0.240 bits per heavy atom. The highest BCUT2D eigenvalue weighted by molar-refractivity contribution is 6.25. The first-order chi connectivity index (χ1) is 37.2. The number of rotatable bonds is 8. The number of aromatic nitrogens is 2. The summed E-state index contributed by atoms with van der Waals surface area (Å²) >= 11 is 0. The fourth-order valence-corrected chi connectivity index (χ4v) is 12.2. The molecule has 0 fully saturated rings. The molecule has 0 bridgehead atoms. The van der Waals surface area contributed by atoms with Crippen LogP contribution in [-0.2, 0) is 0 Å². The topological polar surface area (TPSA) is 13.1 Å². The van der Waals surface area contributed by atoms with Gasteiger partial charge >= 0.3 is 0 Å². The largest absolute Gasteiger partial charge is 0.310 e. The molecule has 13 aromatic carbocycles. The smallest absolute Gasteiger partial charge is 0.0619 e. The Balaban J connectivity index is 1.07. The molecule has 0 spiro atoms. The van der Waals surface area contributed by atoms with Crippen molar-refractivity contribution in [3.63, 3.8) is 0 Å². The van der Waals surface area contributed by atoms with E-state index < -0.39 is 0 Å². The number of benzene rings is 13. The highest BCUT2D eigenvalue weighted by Crippen LogP contribution is 2.48. The van der Waals surface area contributed by atoms with E-state index in [-0.39, 0.29) is 0 Å². The van der Waals surface area contributed by atoms with Crippen molar-refractivity contribution in [1.29, 1.82) is 0 Å². The van der Waals surface area contributed by atoms with Crippen LogP contribution >= 0.6 is 0 Å². The van der Waals surface area contributed by atoms with E-state index in [2.05, 4.69) is 299 Å². The van der Waals surface area contributed by atoms with Crippen LogP contribution in [0.1, 0.15) is 0 Å². The van der Waals surface area contributed by atoms with Gasteiger partial charge in [0.1, 0.15) is 0 Å². The highest BCUT2D eigenvalue weighted by atomic mass is 15.1. The molecule has 15 aromatic rings. The number of nitrogens with zero attached hydrogens (tertiary/aromatic N) is 3. The molecule has 0 aliphatic carbocycles. The Labute approximate surface area is 434 Å². The second-order valence-corrected chi connectivity index (χ2v) is 19.6. The van der Waals surface area contributed by atoms with E-state index in [1.807, 2.05) is 0 Å². The van der Waals surface area contributed by atoms with Crippen molar-refractivity contribution in [2.45, 2.75) is 0 Å². The van der Waals surface area contributed by atoms with Crippen molar-refractivity contribution < 1.29 is 0 Å². The summed E-state index contributed by atoms with van der Waals surface area (Å²) in [6, 6.07) is 105. The molecule has 0 atom stereocenters. The zero-order chi connectivity index (χ0) is 49.4. The summed E-state index contributed by atoms with van der Waals surface area (Å²) in [7, 11) is 0. The summed E-state index contributed by atoms with van der Waals surface area (Å²) in [5.41, 5.74) is 17.3. The van der Waals surface area contributed by atoms with Crippen LogP contribution in [-0.4, -0.2) is 9.13 Å². The highest BCUT2D eigenvalue weighted by Gasteiger charge is 2.23. The van der Waals surface area contributed by atoms with E-state index in [1.165, 1.54) is 87.1 Å². The number of fused-ring (bicyclic) bond motifs is 11. The van der Waals surface area contributed by atoms with Crippen LogP contribution in [0.3, 0.4) is 0 Å². The van der Waals surface area contributed by atoms with E-state index in [0.29, 0.717) is 0 Å². The summed E-state index contributed by atoms with van der Waals surface area (Å²) < 4.78 is 4.91. The normalized spacial score (nSPS) is 11.7. The Morgan fingerprint density at radius 3 is 1.28 bits per heavy atom. The standard InChI is InChI=1S/C72H47N3/c1-5-24-52(25-6-1)73(53-26-7-2-8-27-53)56-44-48-23-13-14-32-57(48)64(45-56)49-41-50(65-46-67-60-35-19-21-39-68(60)75(55-30-11-4-12-31-55)72(67)62-37-18-16-34-59(62)65)43-51(42-49)66-47-70-71(61-36-17-15-33-58(61)66)63-38-20-22-40-69(63)74(70)54-28-9-3-10-29-54/h1-47H. The second-order valence-electron chi connectivity index (χ2n) is 19.6. The Hall–Kier alpha value is -9.96. The zero-order valence-electron chi connectivity index (χ0n) is 41.0. The van der Waals surface area contributed by atoms with Crippen molar-refractivity contribution in [3.8, 4) is 44.8 Å². The molecule has 15 rings (SSSR count). The zero-order valence-corrected chi connectivity index (χ0v) is 41.0. The van der Waals surface area contributed by atoms with Gasteiger partial charge in [-0.05, 0) is 163 Å². The van der Waals surface area contributed by atoms with Crippen molar-refractivity contribution in [2.75, 3.05) is 4.90 Å². The molecule has 0 N–H and O–H groups in total. The molecule has 0 amide bonds. The van der Waals surface area contributed by atoms with Crippen molar-refractivity contribution in [2.24, 2.45) is 0 Å². The maximum atomic E-state index is 2.47. The van der Waals surface area contributed by atoms with Gasteiger partial charge < -0.3 is 14.0 Å². The molecule has 3 nitrogen and oxygen atoms in total. The number of para-hydroxylation sites is 6. The maximum Gasteiger partial charge on any atom is 0.0619 e. The molecule has 0 unspecified atom stereocenters. The Kier molecular flexibility index (Phi) is 9.89. The van der Waals surface area contributed by atoms with E-state index >= 15 is 0 Å². The molecule has 2 aromatic heterocycles. The lowest BCUT2D eigenvalue weighted by atomic mass is 9.87. The SMILES string of the molecule is c1ccc(N(c2ccccc2)c2cc(-c3cc(-c4cc5c(c6ccccc46)c4ccccc4n5-c4ccccc4)cc(-c4cc5c6ccccc6n(-c6ccccc6)c5c5ccccc45)c3)c3ccccc3c2)cc1. The van der Waals surface area contributed by atoms with Crippen LogP contribution in [0.2, 0.25) is 0 Å². The van der Waals surface area contributed by atoms with Crippen LogP contribution in [0.25, 0.3) is 121 Å². The summed E-state index contributed by atoms with van der Waals surface area (Å²) in [6.45, 7) is 0. The predicted molar refractivity (Wildman–Crippen MR) is 319 cm³/mol. The Morgan fingerprint density at radius 2 is 0.667 bits per heavy atom. The lowest BCUT2D eigenvalue weighted by Crippen LogP contribution is -2.10. The molecule has 3 heteroatoms. The minimum Gasteiger partial charge on any atom is -0.310 e. The van der Waals surface area contributed by atoms with Gasteiger partial charge in [0.15, 0.2) is 0 Å². The fourth-order valence-electron chi connectivity index (χ4n) is 12.2. The van der Waals surface area contributed by atoms with Gasteiger partial charge in [-0.15, -0.1) is 0 Å². The van der Waals surface area contributed by atoms with E-state index in [9.17, 15) is 0 Å². The number of anilines is 3. The summed E-state index contributed by atoms with van der Waals surface area (Å²) in [5.74, 6) is 0. The van der Waals surface area contributed by atoms with Crippen molar-refractivity contribution >= 4 is 93.0 Å². The molecule has 0 radical (unpaired) electrons. The first-order valence-electron chi connectivity index (χ1n) is 25.8. The van der Waals surface area contributed by atoms with E-state index in [0.717, 1.165) is 50.7 Å². The minimum atomic E-state index is 1.09. The van der Waals surface area contributed by atoms with Gasteiger partial charge in [-0.3, -0.25) is 0 Å². The Bertz CT molecular complexity index is 4650. The van der Waals surface area contributed by atoms with Crippen LogP contribution < -0.4 is 4.90 Å². The predicted octanol–water partition coefficient (Wildman–Crippen LogP) is 19.8. The number of hydrogen-bond acceptors (Lipinski definition) is 1. The van der Waals surface area contributed by atoms with Crippen molar-refractivity contribution in [3.05, 3.63) is 285 Å². The van der Waals surface area contributed by atoms with Crippen LogP contribution in [0.15, 0.2) is 285 Å². The first kappa shape index (κ1) is 42.7. The van der Waals surface area contributed by atoms with Crippen LogP contribution in [0, 0.1) is 0 Å². The lowest BCUT2D eigenvalue weighted by Gasteiger charge is -2.27. The monoisotopic (exact) mass is 953 g/mol. The van der Waals surface area contributed by atoms with Gasteiger partial charge in [-0.25, -0.2) is 0 Å². The molecule has 0 saturated carbocycles. The summed E-state index contributed by atoms with van der Waals surface area (Å²) in [6.07, 6.45) is 0. The summed E-state index contributed by atoms with van der Waals surface area (Å²) in [4.78, 5) is 2.38. The molecule has 75 heavy (non-hydrogen) atoms. The van der Waals surface area contributed by atoms with Gasteiger partial charge in [-0.2, -0.15) is 0 Å². The third-order valence-corrected chi connectivity index (χ3v) is 15.4. The van der Waals surface area contributed by atoms with Crippen LogP contribution in [0.5, 0.6) is 0 Å². The molecule has 0 aliphatic rings. The molecule has 350 valence electrons. The third kappa shape index (κ3) is 6.90. The second kappa shape index (κ2) is 17.4. The minimum absolute atomic E-state index is 1.09. The molecule has 2 heterocycles. The number of hydrogen-bond donors (Lipinski definition) is 0. The summed E-state index contributed by atoms with van der Waals surface area (Å²) in [5, 5.41) is 12.2. The van der Waals surface area contributed by atoms with Gasteiger partial charge in [0.25, 0.3) is 0 Å². The molecular formula is C72H47N3.